The first-order valence-electron chi connectivity index (χ1n) is 9.36. The van der Waals surface area contributed by atoms with E-state index in [1.807, 2.05) is 27.7 Å². The highest BCUT2D eigenvalue weighted by atomic mass is 127. The fraction of sp³-hybridized carbons (Fsp3) is 0.500. The van der Waals surface area contributed by atoms with Crippen LogP contribution < -0.4 is 15.4 Å². The molecule has 1 unspecified atom stereocenters. The first kappa shape index (κ1) is 24.2. The molecule has 1 atom stereocenters. The number of ether oxygens (including phenoxy) is 1. The summed E-state index contributed by atoms with van der Waals surface area (Å²) in [6.45, 7) is 9.74. The molecule has 0 spiro atoms. The van der Waals surface area contributed by atoms with E-state index in [1.165, 1.54) is 11.6 Å². The molecule has 2 N–H and O–H groups in total. The number of rotatable bonds is 9. The van der Waals surface area contributed by atoms with Crippen LogP contribution in [0.4, 0.5) is 4.39 Å². The van der Waals surface area contributed by atoms with Crippen LogP contribution in [0.25, 0.3) is 0 Å². The average molecular weight is 504 g/mol. The molecule has 0 aliphatic rings. The number of halogens is 2. The van der Waals surface area contributed by atoms with Gasteiger partial charge in [-0.2, -0.15) is 0 Å². The maximum absolute atomic E-state index is 13.7. The van der Waals surface area contributed by atoms with Gasteiger partial charge in [-0.1, -0.05) is 17.3 Å². The zero-order valence-electron chi connectivity index (χ0n) is 16.9. The molecule has 1 aromatic carbocycles. The third-order valence-corrected chi connectivity index (χ3v) is 4.09. The van der Waals surface area contributed by atoms with Gasteiger partial charge < -0.3 is 19.9 Å². The standard InChI is InChI=1S/C20H29FN4O2.HI/c1-5-22-20(23-12-8-9-17-15(3)25-27-16(17)4)24-13-14(2)26-19-11-7-6-10-18(19)21;/h6-7,10-11,14H,5,8-9,12-13H2,1-4H3,(H2,22,23,24);1H. The second-order valence-corrected chi connectivity index (χ2v) is 6.41. The Morgan fingerprint density at radius 3 is 2.68 bits per heavy atom. The van der Waals surface area contributed by atoms with Gasteiger partial charge in [-0.25, -0.2) is 9.38 Å². The lowest BCUT2D eigenvalue weighted by Crippen LogP contribution is -2.38. The van der Waals surface area contributed by atoms with Crippen LogP contribution in [0.3, 0.4) is 0 Å². The van der Waals surface area contributed by atoms with Crippen molar-refractivity contribution >= 4 is 29.9 Å². The molecule has 0 radical (unpaired) electrons. The Hall–Kier alpha value is -1.84. The summed E-state index contributed by atoms with van der Waals surface area (Å²) >= 11 is 0. The number of guanidine groups is 1. The van der Waals surface area contributed by atoms with E-state index in [1.54, 1.807) is 18.2 Å². The van der Waals surface area contributed by atoms with Crippen molar-refractivity contribution in [2.24, 2.45) is 4.99 Å². The first-order valence-corrected chi connectivity index (χ1v) is 9.36. The van der Waals surface area contributed by atoms with E-state index in [-0.39, 0.29) is 41.6 Å². The predicted molar refractivity (Wildman–Crippen MR) is 120 cm³/mol. The quantitative estimate of drug-likeness (QED) is 0.234. The van der Waals surface area contributed by atoms with Crippen LogP contribution in [0.2, 0.25) is 0 Å². The van der Waals surface area contributed by atoms with Crippen LogP contribution in [-0.2, 0) is 6.42 Å². The number of para-hydroxylation sites is 1. The minimum atomic E-state index is -0.363. The van der Waals surface area contributed by atoms with Gasteiger partial charge in [0.25, 0.3) is 0 Å². The highest BCUT2D eigenvalue weighted by Crippen LogP contribution is 2.17. The Labute approximate surface area is 183 Å². The third kappa shape index (κ3) is 7.65. The molecule has 0 aliphatic heterocycles. The summed E-state index contributed by atoms with van der Waals surface area (Å²) < 4.78 is 24.5. The number of aromatic nitrogens is 1. The van der Waals surface area contributed by atoms with Crippen molar-refractivity contribution in [1.82, 2.24) is 15.8 Å². The number of aliphatic imine (C=N–C) groups is 1. The molecule has 8 heteroatoms. The molecule has 0 aliphatic carbocycles. The van der Waals surface area contributed by atoms with Crippen molar-refractivity contribution in [3.63, 3.8) is 0 Å². The lowest BCUT2D eigenvalue weighted by atomic mass is 10.1. The van der Waals surface area contributed by atoms with E-state index in [2.05, 4.69) is 20.8 Å². The fourth-order valence-corrected chi connectivity index (χ4v) is 2.69. The number of nitrogens with zero attached hydrogens (tertiary/aromatic N) is 2. The van der Waals surface area contributed by atoms with Gasteiger partial charge in [0.1, 0.15) is 11.9 Å². The van der Waals surface area contributed by atoms with Gasteiger partial charge >= 0.3 is 0 Å². The molecular weight excluding hydrogens is 474 g/mol. The summed E-state index contributed by atoms with van der Waals surface area (Å²) in [6, 6.07) is 6.39. The van der Waals surface area contributed by atoms with Gasteiger partial charge in [-0.3, -0.25) is 0 Å². The van der Waals surface area contributed by atoms with Gasteiger partial charge in [0.05, 0.1) is 12.2 Å². The van der Waals surface area contributed by atoms with Crippen LogP contribution >= 0.6 is 24.0 Å². The highest BCUT2D eigenvalue weighted by Gasteiger charge is 2.09. The topological polar surface area (TPSA) is 71.7 Å². The van der Waals surface area contributed by atoms with Crippen molar-refractivity contribution < 1.29 is 13.7 Å². The van der Waals surface area contributed by atoms with E-state index in [9.17, 15) is 4.39 Å². The molecule has 1 heterocycles. The van der Waals surface area contributed by atoms with Crippen LogP contribution in [0.15, 0.2) is 33.8 Å². The summed E-state index contributed by atoms with van der Waals surface area (Å²) in [7, 11) is 0. The van der Waals surface area contributed by atoms with Gasteiger partial charge in [-0.05, 0) is 52.7 Å². The zero-order valence-corrected chi connectivity index (χ0v) is 19.2. The third-order valence-electron chi connectivity index (χ3n) is 4.09. The molecule has 2 aromatic rings. The van der Waals surface area contributed by atoms with E-state index >= 15 is 0 Å². The molecule has 156 valence electrons. The number of hydrogen-bond donors (Lipinski definition) is 2. The summed E-state index contributed by atoms with van der Waals surface area (Å²) in [5.41, 5.74) is 2.12. The normalized spacial score (nSPS) is 12.2. The smallest absolute Gasteiger partial charge is 0.191 e. The molecule has 6 nitrogen and oxygen atoms in total. The maximum atomic E-state index is 13.7. The Balaban J connectivity index is 0.00000392. The minimum absolute atomic E-state index is 0. The Bertz CT molecular complexity index is 732. The predicted octanol–water partition coefficient (Wildman–Crippen LogP) is 4.00. The molecule has 0 amide bonds. The zero-order chi connectivity index (χ0) is 19.6. The Morgan fingerprint density at radius 1 is 1.29 bits per heavy atom. The van der Waals surface area contributed by atoms with Crippen LogP contribution in [0.1, 0.15) is 37.3 Å². The SMILES string of the molecule is CCNC(=NCC(C)Oc1ccccc1F)NCCCc1c(C)noc1C.I. The molecule has 1 aromatic heterocycles. The maximum Gasteiger partial charge on any atom is 0.191 e. The van der Waals surface area contributed by atoms with E-state index < -0.39 is 0 Å². The summed E-state index contributed by atoms with van der Waals surface area (Å²) in [5, 5.41) is 10.5. The Morgan fingerprint density at radius 2 is 2.04 bits per heavy atom. The van der Waals surface area contributed by atoms with Crippen LogP contribution in [0, 0.1) is 19.7 Å². The molecule has 28 heavy (non-hydrogen) atoms. The molecule has 0 fully saturated rings. The van der Waals surface area contributed by atoms with Crippen molar-refractivity contribution in [2.45, 2.75) is 46.6 Å². The number of aryl methyl sites for hydroxylation is 2. The monoisotopic (exact) mass is 504 g/mol. The van der Waals surface area contributed by atoms with Gasteiger partial charge in [0.2, 0.25) is 0 Å². The Kier molecular flexibility index (Phi) is 10.9. The molecular formula is C20H30FIN4O2. The lowest BCUT2D eigenvalue weighted by Gasteiger charge is -2.15. The minimum Gasteiger partial charge on any atom is -0.486 e. The lowest BCUT2D eigenvalue weighted by molar-refractivity contribution is 0.220. The summed E-state index contributed by atoms with van der Waals surface area (Å²) in [4.78, 5) is 4.52. The van der Waals surface area contributed by atoms with Gasteiger partial charge in [-0.15, -0.1) is 24.0 Å². The second-order valence-electron chi connectivity index (χ2n) is 6.41. The number of benzene rings is 1. The van der Waals surface area contributed by atoms with Crippen molar-refractivity contribution in [3.8, 4) is 5.75 Å². The van der Waals surface area contributed by atoms with E-state index in [0.29, 0.717) is 6.54 Å². The van der Waals surface area contributed by atoms with Crippen LogP contribution in [0.5, 0.6) is 5.75 Å². The van der Waals surface area contributed by atoms with Crippen LogP contribution in [-0.4, -0.2) is 36.9 Å². The first-order chi connectivity index (χ1) is 13.0. The number of hydrogen-bond acceptors (Lipinski definition) is 4. The van der Waals surface area contributed by atoms with Gasteiger partial charge in [0.15, 0.2) is 17.5 Å². The van der Waals surface area contributed by atoms with Crippen molar-refractivity contribution in [1.29, 1.82) is 0 Å². The summed E-state index contributed by atoms with van der Waals surface area (Å²) in [6.07, 6.45) is 1.61. The number of nitrogens with one attached hydrogen (secondary N) is 2. The molecule has 0 bridgehead atoms. The molecule has 0 saturated heterocycles. The largest absolute Gasteiger partial charge is 0.486 e. The molecule has 0 saturated carbocycles. The summed E-state index contributed by atoms with van der Waals surface area (Å²) in [5.74, 6) is 1.49. The highest BCUT2D eigenvalue weighted by molar-refractivity contribution is 14.0. The van der Waals surface area contributed by atoms with Crippen molar-refractivity contribution in [3.05, 3.63) is 47.1 Å². The van der Waals surface area contributed by atoms with E-state index in [0.717, 1.165) is 43.3 Å². The molecule has 2 rings (SSSR count). The van der Waals surface area contributed by atoms with Crippen molar-refractivity contribution in [2.75, 3.05) is 19.6 Å². The second kappa shape index (κ2) is 12.6. The fourth-order valence-electron chi connectivity index (χ4n) is 2.69. The van der Waals surface area contributed by atoms with E-state index in [4.69, 9.17) is 9.26 Å². The average Bonchev–Trinajstić information content (AvgIpc) is 2.96. The van der Waals surface area contributed by atoms with Gasteiger partial charge in [0, 0.05) is 18.7 Å².